The number of nitrogens with one attached hydrogen (secondary N) is 1. The molecule has 5 heteroatoms. The molecule has 2 rings (SSSR count). The fourth-order valence-electron chi connectivity index (χ4n) is 1.48. The van der Waals surface area contributed by atoms with Crippen LogP contribution in [0.3, 0.4) is 0 Å². The van der Waals surface area contributed by atoms with Gasteiger partial charge in [0.1, 0.15) is 0 Å². The van der Waals surface area contributed by atoms with Gasteiger partial charge in [-0.05, 0) is 18.2 Å². The van der Waals surface area contributed by atoms with Crippen molar-refractivity contribution in [1.29, 1.82) is 0 Å². The molecule has 3 nitrogen and oxygen atoms in total. The van der Waals surface area contributed by atoms with Crippen LogP contribution in [0.25, 0.3) is 0 Å². The van der Waals surface area contributed by atoms with E-state index in [-0.39, 0.29) is 6.04 Å². The SMILES string of the molecule is O[C@H]1COC[C@@H]1Nc1ccc(Cl)c(Cl)c1. The molecule has 0 aromatic heterocycles. The van der Waals surface area contributed by atoms with E-state index in [2.05, 4.69) is 5.32 Å². The Labute approximate surface area is 97.9 Å². The van der Waals surface area contributed by atoms with Crippen LogP contribution in [-0.2, 0) is 4.74 Å². The Hall–Kier alpha value is -0.480. The molecule has 2 atom stereocenters. The minimum atomic E-state index is -0.473. The van der Waals surface area contributed by atoms with Crippen molar-refractivity contribution in [2.75, 3.05) is 18.5 Å². The van der Waals surface area contributed by atoms with Crippen molar-refractivity contribution < 1.29 is 9.84 Å². The third-order valence-corrected chi connectivity index (χ3v) is 3.06. The summed E-state index contributed by atoms with van der Waals surface area (Å²) in [5.74, 6) is 0. The third kappa shape index (κ3) is 2.55. The summed E-state index contributed by atoms with van der Waals surface area (Å²) >= 11 is 11.7. The second kappa shape index (κ2) is 4.58. The first-order valence-electron chi connectivity index (χ1n) is 4.64. The number of hydrogen-bond acceptors (Lipinski definition) is 3. The van der Waals surface area contributed by atoms with Crippen molar-refractivity contribution in [3.05, 3.63) is 28.2 Å². The summed E-state index contributed by atoms with van der Waals surface area (Å²) < 4.78 is 5.12. The number of ether oxygens (including phenoxy) is 1. The second-order valence-electron chi connectivity index (χ2n) is 3.48. The Morgan fingerprint density at radius 1 is 1.27 bits per heavy atom. The lowest BCUT2D eigenvalue weighted by molar-refractivity contribution is 0.125. The van der Waals surface area contributed by atoms with Crippen LogP contribution in [0, 0.1) is 0 Å². The highest BCUT2D eigenvalue weighted by Crippen LogP contribution is 2.26. The van der Waals surface area contributed by atoms with Crippen LogP contribution >= 0.6 is 23.2 Å². The molecule has 15 heavy (non-hydrogen) atoms. The Kier molecular flexibility index (Phi) is 3.36. The first-order valence-corrected chi connectivity index (χ1v) is 5.40. The number of rotatable bonds is 2. The maximum atomic E-state index is 9.53. The van der Waals surface area contributed by atoms with E-state index in [9.17, 15) is 5.11 Å². The molecule has 0 unspecified atom stereocenters. The average Bonchev–Trinajstić information content (AvgIpc) is 2.59. The molecular formula is C10H11Cl2NO2. The molecule has 0 spiro atoms. The van der Waals surface area contributed by atoms with Crippen molar-refractivity contribution in [2.45, 2.75) is 12.1 Å². The fraction of sp³-hybridized carbons (Fsp3) is 0.400. The van der Waals surface area contributed by atoms with E-state index in [1.807, 2.05) is 6.07 Å². The molecule has 82 valence electrons. The molecule has 1 aromatic carbocycles. The van der Waals surface area contributed by atoms with Gasteiger partial charge in [-0.2, -0.15) is 0 Å². The lowest BCUT2D eigenvalue weighted by atomic mass is 10.2. The summed E-state index contributed by atoms with van der Waals surface area (Å²) in [4.78, 5) is 0. The molecule has 0 bridgehead atoms. The first kappa shape index (κ1) is 11.0. The van der Waals surface area contributed by atoms with E-state index in [1.54, 1.807) is 12.1 Å². The summed E-state index contributed by atoms with van der Waals surface area (Å²) in [6.07, 6.45) is -0.473. The second-order valence-corrected chi connectivity index (χ2v) is 4.30. The summed E-state index contributed by atoms with van der Waals surface area (Å²) in [5.41, 5.74) is 0.832. The van der Waals surface area contributed by atoms with Gasteiger partial charge in [0, 0.05) is 5.69 Å². The molecule has 0 aliphatic carbocycles. The van der Waals surface area contributed by atoms with Crippen molar-refractivity contribution in [3.63, 3.8) is 0 Å². The van der Waals surface area contributed by atoms with Gasteiger partial charge in [-0.3, -0.25) is 0 Å². The van der Waals surface area contributed by atoms with Crippen molar-refractivity contribution in [1.82, 2.24) is 0 Å². The Morgan fingerprint density at radius 3 is 2.67 bits per heavy atom. The zero-order valence-electron chi connectivity index (χ0n) is 7.91. The zero-order valence-corrected chi connectivity index (χ0v) is 9.42. The fourth-order valence-corrected chi connectivity index (χ4v) is 1.78. The van der Waals surface area contributed by atoms with Crippen LogP contribution < -0.4 is 5.32 Å². The number of aliphatic hydroxyl groups excluding tert-OH is 1. The van der Waals surface area contributed by atoms with E-state index in [1.165, 1.54) is 0 Å². The van der Waals surface area contributed by atoms with Gasteiger partial charge in [0.05, 0.1) is 35.4 Å². The minimum absolute atomic E-state index is 0.0813. The van der Waals surface area contributed by atoms with Gasteiger partial charge < -0.3 is 15.2 Å². The Morgan fingerprint density at radius 2 is 2.07 bits per heavy atom. The molecule has 1 aliphatic heterocycles. The highest BCUT2D eigenvalue weighted by atomic mass is 35.5. The summed E-state index contributed by atoms with van der Waals surface area (Å²) in [5, 5.41) is 13.7. The van der Waals surface area contributed by atoms with Gasteiger partial charge in [0.25, 0.3) is 0 Å². The van der Waals surface area contributed by atoms with E-state index in [0.717, 1.165) is 5.69 Å². The lowest BCUT2D eigenvalue weighted by Gasteiger charge is -2.16. The van der Waals surface area contributed by atoms with Crippen LogP contribution in [0.4, 0.5) is 5.69 Å². The summed E-state index contributed by atoms with van der Waals surface area (Å²) in [7, 11) is 0. The smallest absolute Gasteiger partial charge is 0.0996 e. The van der Waals surface area contributed by atoms with Gasteiger partial charge in [-0.25, -0.2) is 0 Å². The van der Waals surface area contributed by atoms with Crippen LogP contribution in [0.1, 0.15) is 0 Å². The molecule has 0 radical (unpaired) electrons. The number of halogens is 2. The van der Waals surface area contributed by atoms with Crippen LogP contribution in [0.2, 0.25) is 10.0 Å². The summed E-state index contributed by atoms with van der Waals surface area (Å²) in [6, 6.07) is 5.19. The lowest BCUT2D eigenvalue weighted by Crippen LogP contribution is -2.31. The van der Waals surface area contributed by atoms with Crippen molar-refractivity contribution >= 4 is 28.9 Å². The molecule has 2 N–H and O–H groups in total. The molecule has 0 saturated carbocycles. The van der Waals surface area contributed by atoms with Gasteiger partial charge in [-0.15, -0.1) is 0 Å². The summed E-state index contributed by atoms with van der Waals surface area (Å²) in [6.45, 7) is 0.875. The third-order valence-electron chi connectivity index (χ3n) is 2.32. The molecule has 1 saturated heterocycles. The molecule has 0 amide bonds. The van der Waals surface area contributed by atoms with E-state index in [0.29, 0.717) is 23.3 Å². The molecule has 1 heterocycles. The standard InChI is InChI=1S/C10H11Cl2NO2/c11-7-2-1-6(3-8(7)12)13-9-4-15-5-10(9)14/h1-3,9-10,13-14H,4-5H2/t9-,10-/m0/s1. The Balaban J connectivity index is 2.07. The molecule has 1 aliphatic rings. The predicted molar refractivity (Wildman–Crippen MR) is 60.7 cm³/mol. The Bertz CT molecular complexity index is 359. The van der Waals surface area contributed by atoms with Gasteiger partial charge in [0.15, 0.2) is 0 Å². The quantitative estimate of drug-likeness (QED) is 0.842. The first-order chi connectivity index (χ1) is 7.16. The van der Waals surface area contributed by atoms with E-state index in [4.69, 9.17) is 27.9 Å². The van der Waals surface area contributed by atoms with Crippen LogP contribution in [0.15, 0.2) is 18.2 Å². The molecule has 1 fully saturated rings. The monoisotopic (exact) mass is 247 g/mol. The van der Waals surface area contributed by atoms with Crippen LogP contribution in [-0.4, -0.2) is 30.5 Å². The predicted octanol–water partition coefficient (Wildman–Crippen LogP) is 2.17. The number of aliphatic hydroxyl groups is 1. The molecule has 1 aromatic rings. The maximum absolute atomic E-state index is 9.53. The van der Waals surface area contributed by atoms with E-state index < -0.39 is 6.10 Å². The largest absolute Gasteiger partial charge is 0.388 e. The molecular weight excluding hydrogens is 237 g/mol. The average molecular weight is 248 g/mol. The highest BCUT2D eigenvalue weighted by molar-refractivity contribution is 6.42. The number of anilines is 1. The van der Waals surface area contributed by atoms with E-state index >= 15 is 0 Å². The topological polar surface area (TPSA) is 41.5 Å². The van der Waals surface area contributed by atoms with Gasteiger partial charge in [-0.1, -0.05) is 23.2 Å². The zero-order chi connectivity index (χ0) is 10.8. The highest BCUT2D eigenvalue weighted by Gasteiger charge is 2.25. The van der Waals surface area contributed by atoms with Gasteiger partial charge in [0.2, 0.25) is 0 Å². The van der Waals surface area contributed by atoms with Crippen LogP contribution in [0.5, 0.6) is 0 Å². The maximum Gasteiger partial charge on any atom is 0.0996 e. The van der Waals surface area contributed by atoms with Crippen molar-refractivity contribution in [2.24, 2.45) is 0 Å². The van der Waals surface area contributed by atoms with Crippen molar-refractivity contribution in [3.8, 4) is 0 Å². The minimum Gasteiger partial charge on any atom is -0.388 e. The number of benzene rings is 1. The number of hydrogen-bond donors (Lipinski definition) is 2. The normalized spacial score (nSPS) is 25.5. The van der Waals surface area contributed by atoms with Gasteiger partial charge >= 0.3 is 0 Å².